The molecule has 0 amide bonds. The molecule has 0 radical (unpaired) electrons. The molecule has 0 saturated heterocycles. The van der Waals surface area contributed by atoms with E-state index in [0.29, 0.717) is 12.1 Å². The zero-order valence-corrected chi connectivity index (χ0v) is 10.9. The van der Waals surface area contributed by atoms with E-state index < -0.39 is 0 Å². The Morgan fingerprint density at radius 2 is 1.82 bits per heavy atom. The van der Waals surface area contributed by atoms with Crippen molar-refractivity contribution in [2.45, 2.75) is 64.0 Å². The number of hydrogen-bond donors (Lipinski definition) is 1. The standard InChI is InChI=1S/C15H24N2/c1-13(15-11-7-8-12-16-15)17-14-9-5-3-2-4-6-10-14/h7-8,11-14,17H,2-6,9-10H2,1H3/t13-/m0/s1. The number of nitrogens with zero attached hydrogens (tertiary/aromatic N) is 1. The molecule has 1 aromatic heterocycles. The Morgan fingerprint density at radius 3 is 2.47 bits per heavy atom. The minimum absolute atomic E-state index is 0.376. The predicted molar refractivity (Wildman–Crippen MR) is 71.9 cm³/mol. The fourth-order valence-corrected chi connectivity index (χ4v) is 2.69. The quantitative estimate of drug-likeness (QED) is 0.856. The van der Waals surface area contributed by atoms with Gasteiger partial charge in [0.25, 0.3) is 0 Å². The van der Waals surface area contributed by atoms with Gasteiger partial charge in [-0.1, -0.05) is 38.2 Å². The van der Waals surface area contributed by atoms with Crippen LogP contribution in [0.15, 0.2) is 24.4 Å². The first-order valence-electron chi connectivity index (χ1n) is 7.03. The largest absolute Gasteiger partial charge is 0.306 e. The highest BCUT2D eigenvalue weighted by molar-refractivity contribution is 5.07. The van der Waals surface area contributed by atoms with Crippen molar-refractivity contribution in [1.29, 1.82) is 0 Å². The van der Waals surface area contributed by atoms with Crippen LogP contribution in [0.4, 0.5) is 0 Å². The van der Waals surface area contributed by atoms with Crippen LogP contribution in [-0.4, -0.2) is 11.0 Å². The molecular formula is C15H24N2. The van der Waals surface area contributed by atoms with Gasteiger partial charge in [-0.25, -0.2) is 0 Å². The van der Waals surface area contributed by atoms with E-state index in [1.807, 2.05) is 12.3 Å². The average Bonchev–Trinajstić information content (AvgIpc) is 2.33. The van der Waals surface area contributed by atoms with Gasteiger partial charge in [0, 0.05) is 18.3 Å². The highest BCUT2D eigenvalue weighted by Crippen LogP contribution is 2.19. The smallest absolute Gasteiger partial charge is 0.0570 e. The molecule has 0 bridgehead atoms. The van der Waals surface area contributed by atoms with Crippen LogP contribution in [0.1, 0.15) is 63.6 Å². The van der Waals surface area contributed by atoms with E-state index in [1.54, 1.807) is 0 Å². The fourth-order valence-electron chi connectivity index (χ4n) is 2.69. The molecule has 94 valence electrons. The van der Waals surface area contributed by atoms with Gasteiger partial charge in [-0.05, 0) is 31.9 Å². The van der Waals surface area contributed by atoms with Gasteiger partial charge in [0.05, 0.1) is 5.69 Å². The van der Waals surface area contributed by atoms with Gasteiger partial charge in [-0.15, -0.1) is 0 Å². The van der Waals surface area contributed by atoms with Gasteiger partial charge in [-0.2, -0.15) is 0 Å². The summed E-state index contributed by atoms with van der Waals surface area (Å²) in [6.45, 7) is 2.22. The van der Waals surface area contributed by atoms with Crippen LogP contribution in [-0.2, 0) is 0 Å². The Morgan fingerprint density at radius 1 is 1.12 bits per heavy atom. The average molecular weight is 232 g/mol. The number of pyridine rings is 1. The van der Waals surface area contributed by atoms with E-state index in [2.05, 4.69) is 29.4 Å². The zero-order valence-electron chi connectivity index (χ0n) is 10.9. The number of hydrogen-bond acceptors (Lipinski definition) is 2. The predicted octanol–water partition coefficient (Wildman–Crippen LogP) is 3.85. The maximum atomic E-state index is 4.42. The third-order valence-corrected chi connectivity index (χ3v) is 3.72. The highest BCUT2D eigenvalue weighted by Gasteiger charge is 2.15. The minimum atomic E-state index is 0.376. The van der Waals surface area contributed by atoms with Gasteiger partial charge in [-0.3, -0.25) is 4.98 Å². The molecule has 1 atom stereocenters. The minimum Gasteiger partial charge on any atom is -0.306 e. The zero-order chi connectivity index (χ0) is 11.9. The second-order valence-corrected chi connectivity index (χ2v) is 5.18. The molecular weight excluding hydrogens is 208 g/mol. The van der Waals surface area contributed by atoms with E-state index in [1.165, 1.54) is 44.9 Å². The summed E-state index contributed by atoms with van der Waals surface area (Å²) in [4.78, 5) is 4.42. The van der Waals surface area contributed by atoms with Crippen LogP contribution in [0.3, 0.4) is 0 Å². The van der Waals surface area contributed by atoms with Crippen LogP contribution in [0.5, 0.6) is 0 Å². The number of aromatic nitrogens is 1. The summed E-state index contributed by atoms with van der Waals surface area (Å²) in [5.41, 5.74) is 1.16. The summed E-state index contributed by atoms with van der Waals surface area (Å²) in [7, 11) is 0. The Bertz CT molecular complexity index is 302. The van der Waals surface area contributed by atoms with Gasteiger partial charge in [0.2, 0.25) is 0 Å². The lowest BCUT2D eigenvalue weighted by atomic mass is 9.96. The number of rotatable bonds is 3. The first kappa shape index (κ1) is 12.6. The van der Waals surface area contributed by atoms with Crippen LogP contribution >= 0.6 is 0 Å². The molecule has 1 aliphatic rings. The van der Waals surface area contributed by atoms with E-state index in [0.717, 1.165) is 5.69 Å². The van der Waals surface area contributed by atoms with Crippen molar-refractivity contribution in [3.8, 4) is 0 Å². The van der Waals surface area contributed by atoms with Crippen molar-refractivity contribution in [2.75, 3.05) is 0 Å². The van der Waals surface area contributed by atoms with Crippen LogP contribution in [0.2, 0.25) is 0 Å². The second-order valence-electron chi connectivity index (χ2n) is 5.18. The Labute approximate surface area is 105 Å². The lowest BCUT2D eigenvalue weighted by molar-refractivity contribution is 0.360. The first-order valence-corrected chi connectivity index (χ1v) is 7.03. The lowest BCUT2D eigenvalue weighted by Gasteiger charge is -2.24. The normalized spacial score (nSPS) is 20.5. The van der Waals surface area contributed by atoms with E-state index in [9.17, 15) is 0 Å². The van der Waals surface area contributed by atoms with E-state index in [-0.39, 0.29) is 0 Å². The molecule has 17 heavy (non-hydrogen) atoms. The van der Waals surface area contributed by atoms with Gasteiger partial charge in [0.1, 0.15) is 0 Å². The Kier molecular flexibility index (Phi) is 4.99. The van der Waals surface area contributed by atoms with Crippen molar-refractivity contribution >= 4 is 0 Å². The molecule has 1 aliphatic carbocycles. The molecule has 1 fully saturated rings. The summed E-state index contributed by atoms with van der Waals surface area (Å²) in [5, 5.41) is 3.74. The van der Waals surface area contributed by atoms with Crippen molar-refractivity contribution in [2.24, 2.45) is 0 Å². The van der Waals surface area contributed by atoms with E-state index in [4.69, 9.17) is 0 Å². The summed E-state index contributed by atoms with van der Waals surface area (Å²) in [6, 6.07) is 7.22. The highest BCUT2D eigenvalue weighted by atomic mass is 15.0. The van der Waals surface area contributed by atoms with Crippen molar-refractivity contribution in [3.05, 3.63) is 30.1 Å². The van der Waals surface area contributed by atoms with E-state index >= 15 is 0 Å². The van der Waals surface area contributed by atoms with Crippen molar-refractivity contribution in [1.82, 2.24) is 10.3 Å². The topological polar surface area (TPSA) is 24.9 Å². The molecule has 0 aromatic carbocycles. The van der Waals surface area contributed by atoms with Crippen molar-refractivity contribution < 1.29 is 0 Å². The molecule has 0 aliphatic heterocycles. The molecule has 1 saturated carbocycles. The molecule has 1 N–H and O–H groups in total. The lowest BCUT2D eigenvalue weighted by Crippen LogP contribution is -2.32. The molecule has 2 heteroatoms. The second kappa shape index (κ2) is 6.75. The van der Waals surface area contributed by atoms with Gasteiger partial charge >= 0.3 is 0 Å². The molecule has 2 nitrogen and oxygen atoms in total. The van der Waals surface area contributed by atoms with Crippen LogP contribution < -0.4 is 5.32 Å². The van der Waals surface area contributed by atoms with Crippen molar-refractivity contribution in [3.63, 3.8) is 0 Å². The monoisotopic (exact) mass is 232 g/mol. The van der Waals surface area contributed by atoms with Gasteiger partial charge < -0.3 is 5.32 Å². The van der Waals surface area contributed by atoms with Gasteiger partial charge in [0.15, 0.2) is 0 Å². The molecule has 1 heterocycles. The summed E-state index contributed by atoms with van der Waals surface area (Å²) in [5.74, 6) is 0. The summed E-state index contributed by atoms with van der Waals surface area (Å²) >= 11 is 0. The van der Waals surface area contributed by atoms with Crippen LogP contribution in [0, 0.1) is 0 Å². The molecule has 1 aromatic rings. The fraction of sp³-hybridized carbons (Fsp3) is 0.667. The SMILES string of the molecule is C[C@H](NC1CCCCCCC1)c1ccccn1. The van der Waals surface area contributed by atoms with Crippen LogP contribution in [0.25, 0.3) is 0 Å². The maximum absolute atomic E-state index is 4.42. The molecule has 2 rings (SSSR count). The third kappa shape index (κ3) is 4.12. The summed E-state index contributed by atoms with van der Waals surface area (Å²) in [6.07, 6.45) is 11.6. The Hall–Kier alpha value is -0.890. The Balaban J connectivity index is 1.86. The first-order chi connectivity index (χ1) is 8.36. The maximum Gasteiger partial charge on any atom is 0.0570 e. The molecule has 0 unspecified atom stereocenters. The molecule has 0 spiro atoms. The number of nitrogens with one attached hydrogen (secondary N) is 1. The third-order valence-electron chi connectivity index (χ3n) is 3.72. The summed E-state index contributed by atoms with van der Waals surface area (Å²) < 4.78 is 0.